The smallest absolute Gasteiger partial charge is 0.240 e. The lowest BCUT2D eigenvalue weighted by Crippen LogP contribution is -2.25. The van der Waals surface area contributed by atoms with Gasteiger partial charge in [-0.25, -0.2) is 13.1 Å². The van der Waals surface area contributed by atoms with E-state index in [1.807, 2.05) is 20.0 Å². The molecule has 0 bridgehead atoms. The minimum absolute atomic E-state index is 0.114. The van der Waals surface area contributed by atoms with Gasteiger partial charge >= 0.3 is 0 Å². The van der Waals surface area contributed by atoms with Crippen LogP contribution < -0.4 is 10.0 Å². The molecule has 0 fully saturated rings. The van der Waals surface area contributed by atoms with Crippen LogP contribution in [0.15, 0.2) is 29.2 Å². The molecule has 108 valence electrons. The summed E-state index contributed by atoms with van der Waals surface area (Å²) in [5.41, 5.74) is 0.947. The molecule has 2 N–H and O–H groups in total. The fourth-order valence-electron chi connectivity index (χ4n) is 1.62. The fourth-order valence-corrected chi connectivity index (χ4v) is 2.75. The Morgan fingerprint density at radius 2 is 2.11 bits per heavy atom. The van der Waals surface area contributed by atoms with E-state index in [9.17, 15) is 8.42 Å². The van der Waals surface area contributed by atoms with E-state index in [0.29, 0.717) is 24.5 Å². The van der Waals surface area contributed by atoms with E-state index >= 15 is 0 Å². The van der Waals surface area contributed by atoms with Crippen LogP contribution in [-0.4, -0.2) is 35.7 Å². The number of methoxy groups -OCH3 is 1. The summed E-state index contributed by atoms with van der Waals surface area (Å²) in [6.07, 6.45) is 0.655. The lowest BCUT2D eigenvalue weighted by Gasteiger charge is -2.12. The van der Waals surface area contributed by atoms with Crippen molar-refractivity contribution in [1.29, 1.82) is 0 Å². The van der Waals surface area contributed by atoms with E-state index in [4.69, 9.17) is 4.74 Å². The van der Waals surface area contributed by atoms with Gasteiger partial charge < -0.3 is 10.1 Å². The maximum atomic E-state index is 12.1. The van der Waals surface area contributed by atoms with E-state index in [-0.39, 0.29) is 6.04 Å². The predicted octanol–water partition coefficient (Wildman–Crippen LogP) is 1.28. The summed E-state index contributed by atoms with van der Waals surface area (Å²) in [6, 6.07) is 7.08. The molecule has 1 aromatic carbocycles. The van der Waals surface area contributed by atoms with Gasteiger partial charge in [0.15, 0.2) is 0 Å². The predicted molar refractivity (Wildman–Crippen MR) is 75.6 cm³/mol. The van der Waals surface area contributed by atoms with Crippen molar-refractivity contribution >= 4 is 10.0 Å². The van der Waals surface area contributed by atoms with Crippen LogP contribution in [0.4, 0.5) is 0 Å². The summed E-state index contributed by atoms with van der Waals surface area (Å²) >= 11 is 0. The average Bonchev–Trinajstić information content (AvgIpc) is 2.43. The molecule has 1 unspecified atom stereocenters. The Morgan fingerprint density at radius 1 is 1.37 bits per heavy atom. The fraction of sp³-hybridized carbons (Fsp3) is 0.538. The van der Waals surface area contributed by atoms with Gasteiger partial charge in [0.05, 0.1) is 4.90 Å². The van der Waals surface area contributed by atoms with Crippen LogP contribution >= 0.6 is 0 Å². The number of sulfonamides is 1. The van der Waals surface area contributed by atoms with Crippen LogP contribution in [0.5, 0.6) is 0 Å². The molecule has 0 saturated heterocycles. The molecule has 0 aromatic heterocycles. The third kappa shape index (κ3) is 4.91. The molecule has 1 atom stereocenters. The van der Waals surface area contributed by atoms with Gasteiger partial charge in [-0.3, -0.25) is 0 Å². The van der Waals surface area contributed by atoms with Crippen molar-refractivity contribution in [3.63, 3.8) is 0 Å². The second-order valence-electron chi connectivity index (χ2n) is 4.33. The van der Waals surface area contributed by atoms with Gasteiger partial charge in [-0.1, -0.05) is 12.1 Å². The van der Waals surface area contributed by atoms with Gasteiger partial charge in [-0.05, 0) is 38.1 Å². The van der Waals surface area contributed by atoms with Gasteiger partial charge in [-0.2, -0.15) is 0 Å². The minimum Gasteiger partial charge on any atom is -0.385 e. The zero-order valence-corrected chi connectivity index (χ0v) is 12.5. The van der Waals surface area contributed by atoms with Gasteiger partial charge in [0.2, 0.25) is 10.0 Å². The van der Waals surface area contributed by atoms with Crippen LogP contribution in [0.25, 0.3) is 0 Å². The van der Waals surface area contributed by atoms with Crippen LogP contribution in [0.3, 0.4) is 0 Å². The second kappa shape index (κ2) is 7.59. The van der Waals surface area contributed by atoms with Crippen LogP contribution in [0, 0.1) is 0 Å². The summed E-state index contributed by atoms with van der Waals surface area (Å²) in [6.45, 7) is 2.90. The van der Waals surface area contributed by atoms with E-state index in [0.717, 1.165) is 5.56 Å². The van der Waals surface area contributed by atoms with E-state index in [1.165, 1.54) is 0 Å². The Bertz CT molecular complexity index is 488. The van der Waals surface area contributed by atoms with Crippen molar-refractivity contribution in [3.8, 4) is 0 Å². The molecular weight excluding hydrogens is 264 g/mol. The maximum Gasteiger partial charge on any atom is 0.240 e. The highest BCUT2D eigenvalue weighted by Gasteiger charge is 2.14. The number of benzene rings is 1. The molecule has 0 saturated carbocycles. The summed E-state index contributed by atoms with van der Waals surface area (Å²) in [4.78, 5) is 0.296. The normalized spacial score (nSPS) is 13.4. The zero-order valence-electron chi connectivity index (χ0n) is 11.6. The highest BCUT2D eigenvalue weighted by atomic mass is 32.2. The lowest BCUT2D eigenvalue weighted by atomic mass is 10.1. The van der Waals surface area contributed by atoms with E-state index in [2.05, 4.69) is 10.0 Å². The van der Waals surface area contributed by atoms with E-state index in [1.54, 1.807) is 25.3 Å². The average molecular weight is 286 g/mol. The molecule has 0 amide bonds. The van der Waals surface area contributed by atoms with Crippen LogP contribution in [0.2, 0.25) is 0 Å². The minimum atomic E-state index is -3.44. The molecule has 0 aliphatic carbocycles. The molecule has 1 aromatic rings. The Balaban J connectivity index is 2.77. The lowest BCUT2D eigenvalue weighted by molar-refractivity contribution is 0.196. The SMILES string of the molecule is CNC(C)c1cccc(S(=O)(=O)NCCCOC)c1. The number of hydrogen-bond donors (Lipinski definition) is 2. The Hall–Kier alpha value is -0.950. The number of ether oxygens (including phenoxy) is 1. The molecule has 0 spiro atoms. The first-order chi connectivity index (χ1) is 9.01. The molecule has 5 nitrogen and oxygen atoms in total. The highest BCUT2D eigenvalue weighted by Crippen LogP contribution is 2.16. The first-order valence-electron chi connectivity index (χ1n) is 6.27. The standard InChI is InChI=1S/C13H22N2O3S/c1-11(14-2)12-6-4-7-13(10-12)19(16,17)15-8-5-9-18-3/h4,6-7,10-11,14-15H,5,8-9H2,1-3H3. The van der Waals surface area contributed by atoms with Crippen molar-refractivity contribution in [2.24, 2.45) is 0 Å². The number of rotatable bonds is 8. The summed E-state index contributed by atoms with van der Waals surface area (Å²) in [7, 11) is -0.00186. The van der Waals surface area contributed by atoms with Gasteiger partial charge in [-0.15, -0.1) is 0 Å². The monoisotopic (exact) mass is 286 g/mol. The van der Waals surface area contributed by atoms with Gasteiger partial charge in [0.1, 0.15) is 0 Å². The molecule has 0 aliphatic heterocycles. The van der Waals surface area contributed by atoms with Gasteiger partial charge in [0.25, 0.3) is 0 Å². The van der Waals surface area contributed by atoms with Crippen LogP contribution in [0.1, 0.15) is 24.9 Å². The van der Waals surface area contributed by atoms with Crippen molar-refractivity contribution in [3.05, 3.63) is 29.8 Å². The zero-order chi connectivity index (χ0) is 14.3. The second-order valence-corrected chi connectivity index (χ2v) is 6.09. The first kappa shape index (κ1) is 16.1. The molecule has 0 aliphatic rings. The molecule has 0 radical (unpaired) electrons. The topological polar surface area (TPSA) is 67.4 Å². The third-order valence-corrected chi connectivity index (χ3v) is 4.38. The largest absolute Gasteiger partial charge is 0.385 e. The van der Waals surface area contributed by atoms with E-state index < -0.39 is 10.0 Å². The Kier molecular flexibility index (Phi) is 6.44. The van der Waals surface area contributed by atoms with Gasteiger partial charge in [0, 0.05) is 26.3 Å². The third-order valence-electron chi connectivity index (χ3n) is 2.92. The summed E-state index contributed by atoms with van der Waals surface area (Å²) in [5, 5.41) is 3.09. The molecular formula is C13H22N2O3S. The molecule has 19 heavy (non-hydrogen) atoms. The summed E-state index contributed by atoms with van der Waals surface area (Å²) < 4.78 is 31.6. The number of nitrogens with one attached hydrogen (secondary N) is 2. The van der Waals surface area contributed by atoms with Crippen LogP contribution in [-0.2, 0) is 14.8 Å². The Labute approximate surface area is 115 Å². The van der Waals surface area contributed by atoms with Crippen molar-refractivity contribution in [2.45, 2.75) is 24.3 Å². The number of hydrogen-bond acceptors (Lipinski definition) is 4. The first-order valence-corrected chi connectivity index (χ1v) is 7.75. The maximum absolute atomic E-state index is 12.1. The van der Waals surface area contributed by atoms with Crippen molar-refractivity contribution in [1.82, 2.24) is 10.0 Å². The Morgan fingerprint density at radius 3 is 2.74 bits per heavy atom. The molecule has 6 heteroatoms. The highest BCUT2D eigenvalue weighted by molar-refractivity contribution is 7.89. The summed E-state index contributed by atoms with van der Waals surface area (Å²) in [5.74, 6) is 0. The van der Waals surface area contributed by atoms with Crippen molar-refractivity contribution in [2.75, 3.05) is 27.3 Å². The molecule has 0 heterocycles. The molecule has 1 rings (SSSR count). The van der Waals surface area contributed by atoms with Crippen molar-refractivity contribution < 1.29 is 13.2 Å². The quantitative estimate of drug-likeness (QED) is 0.707.